The third kappa shape index (κ3) is 6.61. The van der Waals surface area contributed by atoms with Crippen LogP contribution in [-0.4, -0.2) is 51.2 Å². The predicted molar refractivity (Wildman–Crippen MR) is 125 cm³/mol. The molecule has 10 nitrogen and oxygen atoms in total. The number of carboxylic acid groups (broad SMARTS) is 1. The van der Waals surface area contributed by atoms with E-state index in [1.807, 2.05) is 0 Å². The molecule has 0 radical (unpaired) electrons. The molecule has 12 heteroatoms. The standard InChI is InChI=1S/C22H16ClN5O5S/c23-16-3-1-15(2-4-16)12-28(22(32)27(14-29)10-9-24)13-26-17-5-7-18(8-6-17)33-21-25-11-19(34-21)20(30)31/h1-8,11,13-14H,10,12H2,(H,30,31). The fourth-order valence-electron chi connectivity index (χ4n) is 2.58. The smallest absolute Gasteiger partial charge is 0.347 e. The van der Waals surface area contributed by atoms with Crippen molar-refractivity contribution in [3.8, 4) is 17.0 Å². The second-order valence-electron chi connectivity index (χ2n) is 6.56. The molecule has 0 bridgehead atoms. The number of imide groups is 1. The van der Waals surface area contributed by atoms with Crippen LogP contribution in [-0.2, 0) is 11.3 Å². The lowest BCUT2D eigenvalue weighted by Gasteiger charge is -2.22. The lowest BCUT2D eigenvalue weighted by Crippen LogP contribution is -2.41. The van der Waals surface area contributed by atoms with Gasteiger partial charge in [0.25, 0.3) is 5.19 Å². The van der Waals surface area contributed by atoms with Gasteiger partial charge in [0.05, 0.1) is 30.8 Å². The Morgan fingerprint density at radius 1 is 1.18 bits per heavy atom. The number of hydrogen-bond donors (Lipinski definition) is 1. The number of carboxylic acids is 1. The first-order chi connectivity index (χ1) is 16.4. The third-order valence-corrected chi connectivity index (χ3v) is 5.32. The Labute approximate surface area is 202 Å². The molecule has 172 valence electrons. The number of aromatic carboxylic acids is 1. The van der Waals surface area contributed by atoms with Gasteiger partial charge in [-0.05, 0) is 42.0 Å². The first-order valence-corrected chi connectivity index (χ1v) is 10.7. The minimum atomic E-state index is -1.09. The Balaban J connectivity index is 1.75. The molecule has 0 spiro atoms. The van der Waals surface area contributed by atoms with Crippen molar-refractivity contribution in [1.82, 2.24) is 14.8 Å². The van der Waals surface area contributed by atoms with Crippen LogP contribution in [0.4, 0.5) is 10.5 Å². The van der Waals surface area contributed by atoms with E-state index in [0.29, 0.717) is 16.5 Å². The Kier molecular flexibility index (Phi) is 8.28. The minimum Gasteiger partial charge on any atom is -0.477 e. The number of carbonyl (C=O) groups excluding carboxylic acids is 2. The van der Waals surface area contributed by atoms with E-state index in [1.165, 1.54) is 17.4 Å². The van der Waals surface area contributed by atoms with Crippen LogP contribution < -0.4 is 4.74 Å². The maximum Gasteiger partial charge on any atom is 0.347 e. The molecular formula is C22H16ClN5O5S. The number of amides is 3. The summed E-state index contributed by atoms with van der Waals surface area (Å²) < 4.78 is 5.53. The molecule has 1 aromatic heterocycles. The molecule has 3 amide bonds. The second-order valence-corrected chi connectivity index (χ2v) is 7.99. The Hall–Kier alpha value is -4.27. The molecule has 0 unspecified atom stereocenters. The number of nitriles is 1. The molecule has 0 aliphatic heterocycles. The molecule has 0 atom stereocenters. The van der Waals surface area contributed by atoms with Gasteiger partial charge in [0.1, 0.15) is 17.2 Å². The molecule has 3 rings (SSSR count). The summed E-state index contributed by atoms with van der Waals surface area (Å²) >= 11 is 6.80. The van der Waals surface area contributed by atoms with Gasteiger partial charge in [-0.15, -0.1) is 0 Å². The highest BCUT2D eigenvalue weighted by Crippen LogP contribution is 2.28. The molecule has 1 heterocycles. The summed E-state index contributed by atoms with van der Waals surface area (Å²) in [5.74, 6) is -0.668. The van der Waals surface area contributed by atoms with Crippen LogP contribution in [0, 0.1) is 11.3 Å². The molecular weight excluding hydrogens is 482 g/mol. The van der Waals surface area contributed by atoms with Gasteiger partial charge in [0, 0.05) is 5.02 Å². The Morgan fingerprint density at radius 3 is 2.47 bits per heavy atom. The molecule has 3 aromatic rings. The summed E-state index contributed by atoms with van der Waals surface area (Å²) in [6.45, 7) is -0.313. The maximum absolute atomic E-state index is 12.7. The van der Waals surface area contributed by atoms with Gasteiger partial charge < -0.3 is 9.84 Å². The maximum atomic E-state index is 12.7. The number of nitrogens with zero attached hydrogens (tertiary/aromatic N) is 5. The number of thiazole rings is 1. The van der Waals surface area contributed by atoms with Crippen LogP contribution in [0.15, 0.2) is 59.7 Å². The highest BCUT2D eigenvalue weighted by molar-refractivity contribution is 7.15. The van der Waals surface area contributed by atoms with E-state index >= 15 is 0 Å². The summed E-state index contributed by atoms with van der Waals surface area (Å²) in [5.41, 5.74) is 1.21. The van der Waals surface area contributed by atoms with Crippen molar-refractivity contribution in [2.24, 2.45) is 4.99 Å². The highest BCUT2D eigenvalue weighted by Gasteiger charge is 2.19. The molecule has 0 saturated carbocycles. The summed E-state index contributed by atoms with van der Waals surface area (Å²) in [5, 5.41) is 18.5. The van der Waals surface area contributed by atoms with E-state index < -0.39 is 18.5 Å². The van der Waals surface area contributed by atoms with Gasteiger partial charge in [0.15, 0.2) is 0 Å². The van der Waals surface area contributed by atoms with E-state index in [1.54, 1.807) is 54.6 Å². The van der Waals surface area contributed by atoms with Crippen molar-refractivity contribution in [1.29, 1.82) is 5.26 Å². The fraction of sp³-hybridized carbons (Fsp3) is 0.0909. The zero-order valence-corrected chi connectivity index (χ0v) is 18.9. The van der Waals surface area contributed by atoms with E-state index in [2.05, 4.69) is 9.98 Å². The fourth-order valence-corrected chi connectivity index (χ4v) is 3.33. The average Bonchev–Trinajstić information content (AvgIpc) is 3.31. The topological polar surface area (TPSA) is 136 Å². The zero-order valence-electron chi connectivity index (χ0n) is 17.4. The number of halogens is 1. The third-order valence-electron chi connectivity index (χ3n) is 4.21. The largest absolute Gasteiger partial charge is 0.477 e. The van der Waals surface area contributed by atoms with Gasteiger partial charge >= 0.3 is 12.0 Å². The normalized spacial score (nSPS) is 10.5. The second kappa shape index (κ2) is 11.6. The van der Waals surface area contributed by atoms with Crippen LogP contribution >= 0.6 is 22.9 Å². The van der Waals surface area contributed by atoms with Crippen LogP contribution in [0.25, 0.3) is 0 Å². The van der Waals surface area contributed by atoms with E-state index in [-0.39, 0.29) is 23.0 Å². The van der Waals surface area contributed by atoms with Crippen molar-refractivity contribution in [2.75, 3.05) is 6.54 Å². The quantitative estimate of drug-likeness (QED) is 0.198. The number of benzene rings is 2. The highest BCUT2D eigenvalue weighted by atomic mass is 35.5. The number of aromatic nitrogens is 1. The number of hydrogen-bond acceptors (Lipinski definition) is 8. The van der Waals surface area contributed by atoms with E-state index in [9.17, 15) is 14.4 Å². The molecule has 1 N–H and O–H groups in total. The zero-order chi connectivity index (χ0) is 24.5. The van der Waals surface area contributed by atoms with Gasteiger partial charge in [0.2, 0.25) is 6.41 Å². The summed E-state index contributed by atoms with van der Waals surface area (Å²) in [6.07, 6.45) is 2.76. The predicted octanol–water partition coefficient (Wildman–Crippen LogP) is 4.55. The van der Waals surface area contributed by atoms with E-state index in [0.717, 1.165) is 21.8 Å². The summed E-state index contributed by atoms with van der Waals surface area (Å²) in [7, 11) is 0. The van der Waals surface area contributed by atoms with Crippen LogP contribution in [0.1, 0.15) is 15.2 Å². The van der Waals surface area contributed by atoms with Crippen LogP contribution in [0.3, 0.4) is 0 Å². The molecule has 34 heavy (non-hydrogen) atoms. The van der Waals surface area contributed by atoms with Crippen molar-refractivity contribution in [3.05, 3.63) is 70.2 Å². The van der Waals surface area contributed by atoms with Crippen molar-refractivity contribution >= 4 is 53.4 Å². The number of carbonyl (C=O) groups is 3. The number of rotatable bonds is 9. The SMILES string of the molecule is N#CCN(C=O)C(=O)N(C=Nc1ccc(Oc2ncc(C(=O)O)s2)cc1)Cc1ccc(Cl)cc1. The van der Waals surface area contributed by atoms with Crippen LogP contribution in [0.5, 0.6) is 10.9 Å². The number of urea groups is 1. The van der Waals surface area contributed by atoms with Gasteiger partial charge in [-0.2, -0.15) is 5.26 Å². The minimum absolute atomic E-state index is 0.0578. The number of aliphatic imine (C=N–C) groups is 1. The summed E-state index contributed by atoms with van der Waals surface area (Å²) in [6, 6.07) is 14.3. The van der Waals surface area contributed by atoms with Crippen molar-refractivity contribution < 1.29 is 24.2 Å². The molecule has 2 aromatic carbocycles. The van der Waals surface area contributed by atoms with Crippen LogP contribution in [0.2, 0.25) is 5.02 Å². The monoisotopic (exact) mass is 497 g/mol. The lowest BCUT2D eigenvalue weighted by molar-refractivity contribution is -0.115. The molecule has 0 aliphatic rings. The van der Waals surface area contributed by atoms with Crippen molar-refractivity contribution in [2.45, 2.75) is 6.54 Å². The van der Waals surface area contributed by atoms with Gasteiger partial charge in [-0.1, -0.05) is 35.1 Å². The Morgan fingerprint density at radius 2 is 1.88 bits per heavy atom. The first-order valence-electron chi connectivity index (χ1n) is 9.54. The lowest BCUT2D eigenvalue weighted by atomic mass is 10.2. The average molecular weight is 498 g/mol. The van der Waals surface area contributed by atoms with E-state index in [4.69, 9.17) is 26.7 Å². The van der Waals surface area contributed by atoms with Gasteiger partial charge in [-0.25, -0.2) is 19.6 Å². The summed E-state index contributed by atoms with van der Waals surface area (Å²) in [4.78, 5) is 45.1. The molecule has 0 aliphatic carbocycles. The first kappa shape index (κ1) is 24.4. The van der Waals surface area contributed by atoms with Crippen molar-refractivity contribution in [3.63, 3.8) is 0 Å². The number of ether oxygens (including phenoxy) is 1. The van der Waals surface area contributed by atoms with Gasteiger partial charge in [-0.3, -0.25) is 14.6 Å². The Bertz CT molecular complexity index is 1240. The molecule has 0 saturated heterocycles. The molecule has 0 fully saturated rings.